The summed E-state index contributed by atoms with van der Waals surface area (Å²) in [6, 6.07) is 15.3. The quantitative estimate of drug-likeness (QED) is 0.747. The topological polar surface area (TPSA) is 61.9 Å². The molecule has 1 heterocycles. The van der Waals surface area contributed by atoms with Crippen LogP contribution in [-0.4, -0.2) is 55.9 Å². The van der Waals surface area contributed by atoms with Gasteiger partial charge < -0.3 is 19.9 Å². The molecule has 1 unspecified atom stereocenters. The fraction of sp³-hybridized carbons (Fsp3) is 0.391. The minimum absolute atomic E-state index is 0.00412. The van der Waals surface area contributed by atoms with E-state index in [1.54, 1.807) is 7.11 Å². The average molecular weight is 396 g/mol. The lowest BCUT2D eigenvalue weighted by Crippen LogP contribution is -2.34. The lowest BCUT2D eigenvalue weighted by Gasteiger charge is -2.26. The molecule has 0 saturated carbocycles. The summed E-state index contributed by atoms with van der Waals surface area (Å²) in [5.41, 5.74) is 2.68. The smallest absolute Gasteiger partial charge is 0.251 e. The third-order valence-corrected chi connectivity index (χ3v) is 5.34. The molecule has 154 valence electrons. The number of likely N-dealkylation sites (tertiary alicyclic amines) is 1. The summed E-state index contributed by atoms with van der Waals surface area (Å²) in [7, 11) is 5.62. The molecule has 0 aliphatic carbocycles. The van der Waals surface area contributed by atoms with Gasteiger partial charge in [0, 0.05) is 37.2 Å². The zero-order valence-corrected chi connectivity index (χ0v) is 17.4. The molecule has 0 aromatic heterocycles. The Morgan fingerprint density at radius 1 is 1.17 bits per heavy atom. The average Bonchev–Trinajstić information content (AvgIpc) is 3.13. The highest BCUT2D eigenvalue weighted by atomic mass is 16.5. The molecule has 0 bridgehead atoms. The van der Waals surface area contributed by atoms with Crippen molar-refractivity contribution in [3.05, 3.63) is 65.2 Å². The molecule has 2 aromatic rings. The highest BCUT2D eigenvalue weighted by Gasteiger charge is 2.21. The number of rotatable bonds is 8. The number of carbonyl (C=O) groups is 2. The number of methoxy groups -OCH3 is 1. The van der Waals surface area contributed by atoms with Crippen molar-refractivity contribution in [2.75, 3.05) is 34.3 Å². The van der Waals surface area contributed by atoms with Crippen LogP contribution < -0.4 is 10.1 Å². The second-order valence-corrected chi connectivity index (χ2v) is 7.55. The van der Waals surface area contributed by atoms with Gasteiger partial charge in [0.05, 0.1) is 13.2 Å². The Labute approximate surface area is 172 Å². The number of benzene rings is 2. The van der Waals surface area contributed by atoms with Gasteiger partial charge >= 0.3 is 0 Å². The van der Waals surface area contributed by atoms with E-state index < -0.39 is 0 Å². The van der Waals surface area contributed by atoms with Crippen LogP contribution in [0, 0.1) is 0 Å². The van der Waals surface area contributed by atoms with Crippen molar-refractivity contribution in [1.29, 1.82) is 0 Å². The summed E-state index contributed by atoms with van der Waals surface area (Å²) < 4.78 is 5.48. The Balaban J connectivity index is 1.62. The molecule has 2 aromatic carbocycles. The molecular formula is C23H29N3O3. The van der Waals surface area contributed by atoms with E-state index in [1.807, 2.05) is 67.5 Å². The predicted octanol–water partition coefficient (Wildman–Crippen LogP) is 2.85. The molecule has 1 aliphatic rings. The Morgan fingerprint density at radius 2 is 1.90 bits per heavy atom. The third kappa shape index (κ3) is 5.15. The van der Waals surface area contributed by atoms with Crippen molar-refractivity contribution in [3.63, 3.8) is 0 Å². The Morgan fingerprint density at radius 3 is 2.52 bits per heavy atom. The fourth-order valence-corrected chi connectivity index (χ4v) is 3.66. The van der Waals surface area contributed by atoms with Crippen LogP contribution in [0.5, 0.6) is 5.75 Å². The molecule has 1 fully saturated rings. The van der Waals surface area contributed by atoms with Crippen LogP contribution in [0.2, 0.25) is 0 Å². The minimum Gasteiger partial charge on any atom is -0.496 e. The number of ether oxygens (including phenoxy) is 1. The molecular weight excluding hydrogens is 366 g/mol. The third-order valence-electron chi connectivity index (χ3n) is 5.34. The molecule has 0 spiro atoms. The molecule has 1 atom stereocenters. The highest BCUT2D eigenvalue weighted by Crippen LogP contribution is 2.27. The first-order valence-electron chi connectivity index (χ1n) is 9.94. The second kappa shape index (κ2) is 9.56. The minimum atomic E-state index is -0.115. The van der Waals surface area contributed by atoms with Gasteiger partial charge in [-0.05, 0) is 44.3 Å². The van der Waals surface area contributed by atoms with Crippen molar-refractivity contribution >= 4 is 11.8 Å². The van der Waals surface area contributed by atoms with E-state index in [1.165, 1.54) is 0 Å². The number of likely N-dealkylation sites (N-methyl/N-ethyl adjacent to an activating group) is 1. The molecule has 1 aliphatic heterocycles. The first-order valence-corrected chi connectivity index (χ1v) is 9.94. The number of amides is 2. The van der Waals surface area contributed by atoms with E-state index in [9.17, 15) is 9.59 Å². The van der Waals surface area contributed by atoms with Crippen LogP contribution in [-0.2, 0) is 11.3 Å². The first kappa shape index (κ1) is 20.9. The van der Waals surface area contributed by atoms with Crippen molar-refractivity contribution in [1.82, 2.24) is 15.1 Å². The number of hydrogen-bond donors (Lipinski definition) is 1. The van der Waals surface area contributed by atoms with Crippen LogP contribution in [0.1, 0.15) is 40.4 Å². The summed E-state index contributed by atoms with van der Waals surface area (Å²) in [6.45, 7) is 1.89. The van der Waals surface area contributed by atoms with Crippen LogP contribution in [0.15, 0.2) is 48.5 Å². The van der Waals surface area contributed by atoms with Gasteiger partial charge in [-0.15, -0.1) is 0 Å². The van der Waals surface area contributed by atoms with Gasteiger partial charge in [0.2, 0.25) is 5.91 Å². The van der Waals surface area contributed by atoms with E-state index in [-0.39, 0.29) is 17.9 Å². The van der Waals surface area contributed by atoms with Crippen molar-refractivity contribution < 1.29 is 14.3 Å². The van der Waals surface area contributed by atoms with Crippen molar-refractivity contribution in [2.45, 2.75) is 25.4 Å². The van der Waals surface area contributed by atoms with Crippen LogP contribution >= 0.6 is 0 Å². The maximum Gasteiger partial charge on any atom is 0.251 e. The summed E-state index contributed by atoms with van der Waals surface area (Å²) in [6.07, 6.45) is 1.57. The van der Waals surface area contributed by atoms with Crippen molar-refractivity contribution in [3.8, 4) is 5.75 Å². The number of para-hydroxylation sites is 1. The van der Waals surface area contributed by atoms with Gasteiger partial charge in [-0.1, -0.05) is 30.3 Å². The van der Waals surface area contributed by atoms with Gasteiger partial charge in [0.25, 0.3) is 5.91 Å². The summed E-state index contributed by atoms with van der Waals surface area (Å²) >= 11 is 0. The second-order valence-electron chi connectivity index (χ2n) is 7.55. The molecule has 1 N–H and O–H groups in total. The molecule has 0 radical (unpaired) electrons. The maximum absolute atomic E-state index is 12.6. The maximum atomic E-state index is 12.6. The number of nitrogens with one attached hydrogen (secondary N) is 1. The van der Waals surface area contributed by atoms with Gasteiger partial charge in [-0.25, -0.2) is 0 Å². The van der Waals surface area contributed by atoms with Crippen LogP contribution in [0.25, 0.3) is 0 Å². The summed E-state index contributed by atoms with van der Waals surface area (Å²) in [5.74, 6) is 0.898. The highest BCUT2D eigenvalue weighted by molar-refractivity contribution is 5.94. The first-order chi connectivity index (χ1) is 14.0. The summed E-state index contributed by atoms with van der Waals surface area (Å²) in [5, 5.41) is 3.03. The van der Waals surface area contributed by atoms with Gasteiger partial charge in [0.15, 0.2) is 0 Å². The largest absolute Gasteiger partial charge is 0.496 e. The van der Waals surface area contributed by atoms with E-state index in [2.05, 4.69) is 10.2 Å². The zero-order chi connectivity index (χ0) is 20.8. The Bertz CT molecular complexity index is 849. The molecule has 6 nitrogen and oxygen atoms in total. The molecule has 29 heavy (non-hydrogen) atoms. The molecule has 1 saturated heterocycles. The Hall–Kier alpha value is -2.86. The van der Waals surface area contributed by atoms with E-state index >= 15 is 0 Å². The van der Waals surface area contributed by atoms with Gasteiger partial charge in [-0.2, -0.15) is 0 Å². The van der Waals surface area contributed by atoms with Crippen molar-refractivity contribution in [2.24, 2.45) is 0 Å². The zero-order valence-electron chi connectivity index (χ0n) is 17.4. The van der Waals surface area contributed by atoms with E-state index in [0.29, 0.717) is 25.1 Å². The van der Waals surface area contributed by atoms with Gasteiger partial charge in [0.1, 0.15) is 5.75 Å². The van der Waals surface area contributed by atoms with Gasteiger partial charge in [-0.3, -0.25) is 9.59 Å². The predicted molar refractivity (Wildman–Crippen MR) is 113 cm³/mol. The molecule has 3 rings (SSSR count). The molecule has 6 heteroatoms. The van der Waals surface area contributed by atoms with E-state index in [0.717, 1.165) is 29.8 Å². The summed E-state index contributed by atoms with van der Waals surface area (Å²) in [4.78, 5) is 28.3. The Kier molecular flexibility index (Phi) is 6.88. The lowest BCUT2D eigenvalue weighted by atomic mass is 10.0. The fourth-order valence-electron chi connectivity index (χ4n) is 3.66. The van der Waals surface area contributed by atoms with Crippen LogP contribution in [0.4, 0.5) is 0 Å². The number of carbonyl (C=O) groups excluding carboxylic acids is 2. The molecule has 2 amide bonds. The lowest BCUT2D eigenvalue weighted by molar-refractivity contribution is -0.128. The number of hydrogen-bond acceptors (Lipinski definition) is 4. The van der Waals surface area contributed by atoms with E-state index in [4.69, 9.17) is 4.74 Å². The number of nitrogens with zero attached hydrogens (tertiary/aromatic N) is 2. The van der Waals surface area contributed by atoms with Crippen LogP contribution in [0.3, 0.4) is 0 Å². The standard InChI is InChI=1S/C23H29N3O3/c1-25(2)20(19-7-4-5-8-21(19)29-3)15-24-23(28)18-12-10-17(11-13-18)16-26-14-6-9-22(26)27/h4-5,7-8,10-13,20H,6,9,14-16H2,1-3H3,(H,24,28). The normalized spacial score (nSPS) is 14.9. The monoisotopic (exact) mass is 395 g/mol. The SMILES string of the molecule is COc1ccccc1C(CNC(=O)c1ccc(CN2CCCC2=O)cc1)N(C)C.